The number of amides is 1. The predicted octanol–water partition coefficient (Wildman–Crippen LogP) is 1.76. The lowest BCUT2D eigenvalue weighted by Crippen LogP contribution is -2.25. The van der Waals surface area contributed by atoms with E-state index in [0.29, 0.717) is 41.0 Å². The molecule has 0 fully saturated rings. The van der Waals surface area contributed by atoms with E-state index in [9.17, 15) is 13.2 Å². The van der Waals surface area contributed by atoms with Gasteiger partial charge in [-0.25, -0.2) is 17.4 Å². The second kappa shape index (κ2) is 6.52. The van der Waals surface area contributed by atoms with Crippen LogP contribution in [-0.4, -0.2) is 36.4 Å². The van der Waals surface area contributed by atoms with Crippen molar-refractivity contribution in [2.24, 2.45) is 5.73 Å². The van der Waals surface area contributed by atoms with Gasteiger partial charge in [-0.15, -0.1) is 0 Å². The van der Waals surface area contributed by atoms with Crippen molar-refractivity contribution in [1.82, 2.24) is 8.96 Å². The van der Waals surface area contributed by atoms with Gasteiger partial charge in [0, 0.05) is 12.3 Å². The smallest absolute Gasteiger partial charge is 0.268 e. The Kier molecular flexibility index (Phi) is 4.29. The maximum atomic E-state index is 13.2. The van der Waals surface area contributed by atoms with Crippen LogP contribution < -0.4 is 15.8 Å². The van der Waals surface area contributed by atoms with Crippen molar-refractivity contribution in [3.63, 3.8) is 0 Å². The maximum Gasteiger partial charge on any atom is 0.268 e. The van der Waals surface area contributed by atoms with E-state index in [-0.39, 0.29) is 22.6 Å². The first-order valence-corrected chi connectivity index (χ1v) is 9.91. The van der Waals surface area contributed by atoms with Crippen molar-refractivity contribution in [3.8, 4) is 5.75 Å². The van der Waals surface area contributed by atoms with Gasteiger partial charge in [0.15, 0.2) is 6.61 Å². The van der Waals surface area contributed by atoms with E-state index >= 15 is 0 Å². The summed E-state index contributed by atoms with van der Waals surface area (Å²) < 4.78 is 32.9. The Morgan fingerprint density at radius 1 is 1.30 bits per heavy atom. The molecule has 1 aliphatic heterocycles. The van der Waals surface area contributed by atoms with Gasteiger partial charge < -0.3 is 15.8 Å². The number of nitrogens with two attached hydrogens (primary N) is 1. The highest BCUT2D eigenvalue weighted by Crippen LogP contribution is 2.32. The number of fused-ring (bicyclic) bond motifs is 2. The third-order valence-corrected chi connectivity index (χ3v) is 6.09. The molecule has 3 heterocycles. The fourth-order valence-corrected chi connectivity index (χ4v) is 4.52. The fourth-order valence-electron chi connectivity index (χ4n) is 2.98. The molecule has 0 saturated heterocycles. The van der Waals surface area contributed by atoms with E-state index in [2.05, 4.69) is 10.3 Å². The summed E-state index contributed by atoms with van der Waals surface area (Å²) >= 11 is 5.97. The first-order chi connectivity index (χ1) is 12.9. The standard InChI is InChI=1S/C17H15ClN4O4S/c18-15-4-3-13-17(21-15)10(5-6-19)8-22(13)27(24,25)11-1-2-12-14(7-11)26-9-16(23)20-12/h1-4,7-8H,5-6,9,19H2,(H,20,23). The quantitative estimate of drug-likeness (QED) is 0.637. The molecule has 4 rings (SSSR count). The van der Waals surface area contributed by atoms with Crippen molar-refractivity contribution in [1.29, 1.82) is 0 Å². The summed E-state index contributed by atoms with van der Waals surface area (Å²) in [6.45, 7) is 0.186. The molecule has 0 spiro atoms. The first kappa shape index (κ1) is 17.8. The van der Waals surface area contributed by atoms with Crippen LogP contribution in [0.4, 0.5) is 5.69 Å². The van der Waals surface area contributed by atoms with Crippen LogP contribution in [0.5, 0.6) is 5.75 Å². The Morgan fingerprint density at radius 2 is 2.11 bits per heavy atom. The zero-order chi connectivity index (χ0) is 19.2. The van der Waals surface area contributed by atoms with E-state index in [4.69, 9.17) is 22.1 Å². The third kappa shape index (κ3) is 3.03. The van der Waals surface area contributed by atoms with E-state index in [0.717, 1.165) is 0 Å². The van der Waals surface area contributed by atoms with Crippen LogP contribution in [0.25, 0.3) is 11.0 Å². The summed E-state index contributed by atoms with van der Waals surface area (Å²) in [6, 6.07) is 7.45. The summed E-state index contributed by atoms with van der Waals surface area (Å²) in [5.41, 5.74) is 7.67. The van der Waals surface area contributed by atoms with Crippen LogP contribution in [0.2, 0.25) is 5.15 Å². The number of hydrogen-bond donors (Lipinski definition) is 2. The van der Waals surface area contributed by atoms with Crippen molar-refractivity contribution >= 4 is 44.3 Å². The molecule has 10 heteroatoms. The highest BCUT2D eigenvalue weighted by molar-refractivity contribution is 7.90. The zero-order valence-corrected chi connectivity index (χ0v) is 15.5. The molecule has 2 aromatic heterocycles. The van der Waals surface area contributed by atoms with Gasteiger partial charge in [0.2, 0.25) is 0 Å². The van der Waals surface area contributed by atoms with Gasteiger partial charge in [-0.1, -0.05) is 11.6 Å². The molecule has 0 saturated carbocycles. The average Bonchev–Trinajstić information content (AvgIpc) is 3.00. The lowest BCUT2D eigenvalue weighted by molar-refractivity contribution is -0.118. The Hall–Kier alpha value is -2.62. The number of hydrogen-bond acceptors (Lipinski definition) is 6. The first-order valence-electron chi connectivity index (χ1n) is 8.09. The van der Waals surface area contributed by atoms with Crippen LogP contribution in [0, 0.1) is 0 Å². The van der Waals surface area contributed by atoms with Crippen molar-refractivity contribution < 1.29 is 17.9 Å². The van der Waals surface area contributed by atoms with E-state index in [1.54, 1.807) is 6.07 Å². The lowest BCUT2D eigenvalue weighted by Gasteiger charge is -2.18. The van der Waals surface area contributed by atoms with E-state index in [1.807, 2.05) is 0 Å². The van der Waals surface area contributed by atoms with Gasteiger partial charge in [-0.2, -0.15) is 0 Å². The molecule has 8 nitrogen and oxygen atoms in total. The molecule has 0 atom stereocenters. The lowest BCUT2D eigenvalue weighted by atomic mass is 10.2. The SMILES string of the molecule is NCCc1cn(S(=O)(=O)c2ccc3c(c2)OCC(=O)N3)c2ccc(Cl)nc12. The minimum Gasteiger partial charge on any atom is -0.482 e. The van der Waals surface area contributed by atoms with Gasteiger partial charge in [0.25, 0.3) is 15.9 Å². The molecule has 0 radical (unpaired) electrons. The molecule has 0 aliphatic carbocycles. The molecule has 3 N–H and O–H groups in total. The van der Waals surface area contributed by atoms with E-state index < -0.39 is 10.0 Å². The molecule has 0 unspecified atom stereocenters. The number of ether oxygens (including phenoxy) is 1. The number of halogens is 1. The fraction of sp³-hybridized carbons (Fsp3) is 0.176. The summed E-state index contributed by atoms with van der Waals surface area (Å²) in [7, 11) is -3.92. The molecule has 1 amide bonds. The van der Waals surface area contributed by atoms with Gasteiger partial charge >= 0.3 is 0 Å². The Balaban J connectivity index is 1.86. The Labute approximate surface area is 159 Å². The van der Waals surface area contributed by atoms with Gasteiger partial charge in [-0.3, -0.25) is 4.79 Å². The number of nitrogens with one attached hydrogen (secondary N) is 1. The molecule has 1 aliphatic rings. The summed E-state index contributed by atoms with van der Waals surface area (Å²) in [6.07, 6.45) is 1.98. The molecule has 1 aromatic carbocycles. The monoisotopic (exact) mass is 406 g/mol. The number of aromatic nitrogens is 2. The van der Waals surface area contributed by atoms with E-state index in [1.165, 1.54) is 34.4 Å². The summed E-state index contributed by atoms with van der Waals surface area (Å²) in [5, 5.41) is 2.90. The highest BCUT2D eigenvalue weighted by Gasteiger charge is 2.25. The molecular weight excluding hydrogens is 392 g/mol. The molecule has 27 heavy (non-hydrogen) atoms. The van der Waals surface area contributed by atoms with Crippen LogP contribution in [0.3, 0.4) is 0 Å². The minimum absolute atomic E-state index is 0.0311. The Bertz CT molecular complexity index is 1170. The molecule has 140 valence electrons. The largest absolute Gasteiger partial charge is 0.482 e. The zero-order valence-electron chi connectivity index (χ0n) is 14.0. The number of carbonyl (C=O) groups excluding carboxylic acids is 1. The van der Waals surface area contributed by atoms with Crippen molar-refractivity contribution in [3.05, 3.63) is 47.2 Å². The summed E-state index contributed by atoms with van der Waals surface area (Å²) in [4.78, 5) is 15.7. The average molecular weight is 407 g/mol. The van der Waals surface area contributed by atoms with Crippen molar-refractivity contribution in [2.45, 2.75) is 11.3 Å². The maximum absolute atomic E-state index is 13.2. The van der Waals surface area contributed by atoms with Crippen molar-refractivity contribution in [2.75, 3.05) is 18.5 Å². The minimum atomic E-state index is -3.92. The normalized spacial score (nSPS) is 13.9. The topological polar surface area (TPSA) is 116 Å². The number of pyridine rings is 1. The third-order valence-electron chi connectivity index (χ3n) is 4.21. The van der Waals surface area contributed by atoms with Crippen LogP contribution >= 0.6 is 11.6 Å². The van der Waals surface area contributed by atoms with Gasteiger partial charge in [0.05, 0.1) is 21.6 Å². The number of rotatable bonds is 4. The highest BCUT2D eigenvalue weighted by atomic mass is 35.5. The second-order valence-electron chi connectivity index (χ2n) is 5.99. The molecule has 3 aromatic rings. The number of anilines is 1. The Morgan fingerprint density at radius 3 is 2.89 bits per heavy atom. The molecule has 0 bridgehead atoms. The van der Waals surface area contributed by atoms with Gasteiger partial charge in [-0.05, 0) is 42.8 Å². The van der Waals surface area contributed by atoms with Crippen LogP contribution in [0.1, 0.15) is 5.56 Å². The number of carbonyl (C=O) groups is 1. The van der Waals surface area contributed by atoms with Gasteiger partial charge in [0.1, 0.15) is 10.9 Å². The second-order valence-corrected chi connectivity index (χ2v) is 8.19. The van der Waals surface area contributed by atoms with Crippen LogP contribution in [-0.2, 0) is 21.2 Å². The number of benzene rings is 1. The number of nitrogens with zero attached hydrogens (tertiary/aromatic N) is 2. The molecular formula is C17H15ClN4O4S. The predicted molar refractivity (Wildman–Crippen MR) is 101 cm³/mol. The van der Waals surface area contributed by atoms with Crippen LogP contribution in [0.15, 0.2) is 41.4 Å². The summed E-state index contributed by atoms with van der Waals surface area (Å²) in [5.74, 6) is 0.0133.